The number of nitrogens with two attached hydrogens (primary N) is 1. The smallest absolute Gasteiger partial charge is 0.340 e. The average Bonchev–Trinajstić information content (AvgIpc) is 2.97. The summed E-state index contributed by atoms with van der Waals surface area (Å²) in [6.07, 6.45) is 0. The second-order valence-electron chi connectivity index (χ2n) is 3.97. The number of carbonyl (C=O) groups is 2. The van der Waals surface area contributed by atoms with Gasteiger partial charge in [-0.15, -0.1) is 11.3 Å². The molecule has 3 N–H and O–H groups in total. The number of rotatable bonds is 4. The number of ether oxygens (including phenoxy) is 1. The van der Waals surface area contributed by atoms with Crippen LogP contribution in [0.2, 0.25) is 0 Å². The molecule has 6 nitrogen and oxygen atoms in total. The van der Waals surface area contributed by atoms with E-state index in [-0.39, 0.29) is 23.5 Å². The van der Waals surface area contributed by atoms with Crippen LogP contribution in [0.25, 0.3) is 0 Å². The van der Waals surface area contributed by atoms with Crippen LogP contribution in [0.3, 0.4) is 0 Å². The number of carbonyl (C=O) groups excluding carboxylic acids is 2. The number of benzene rings is 1. The van der Waals surface area contributed by atoms with Gasteiger partial charge in [0.05, 0.1) is 12.7 Å². The van der Waals surface area contributed by atoms with Crippen molar-refractivity contribution in [2.75, 3.05) is 12.4 Å². The summed E-state index contributed by atoms with van der Waals surface area (Å²) in [6, 6.07) is 3.62. The van der Waals surface area contributed by atoms with Crippen molar-refractivity contribution >= 4 is 28.9 Å². The normalized spacial score (nSPS) is 10.2. The van der Waals surface area contributed by atoms with Crippen LogP contribution < -0.4 is 11.1 Å². The molecule has 0 aliphatic carbocycles. The van der Waals surface area contributed by atoms with Crippen molar-refractivity contribution in [2.45, 2.75) is 6.54 Å². The molecule has 1 heterocycles. The zero-order chi connectivity index (χ0) is 15.4. The van der Waals surface area contributed by atoms with E-state index in [4.69, 9.17) is 5.73 Å². The summed E-state index contributed by atoms with van der Waals surface area (Å²) >= 11 is 1.27. The summed E-state index contributed by atoms with van der Waals surface area (Å²) in [6.45, 7) is 0.251. The topological polar surface area (TPSA) is 94.3 Å². The van der Waals surface area contributed by atoms with Crippen molar-refractivity contribution in [1.82, 2.24) is 4.98 Å². The molecule has 0 saturated carbocycles. The van der Waals surface area contributed by atoms with E-state index in [0.717, 1.165) is 13.2 Å². The second kappa shape index (κ2) is 6.42. The number of anilines is 1. The summed E-state index contributed by atoms with van der Waals surface area (Å²) in [7, 11) is 1.15. The first kappa shape index (κ1) is 15.1. The first-order chi connectivity index (χ1) is 10.0. The Morgan fingerprint density at radius 2 is 2.24 bits per heavy atom. The molecule has 0 spiro atoms. The number of hydrogen-bond acceptors (Lipinski definition) is 6. The van der Waals surface area contributed by atoms with Gasteiger partial charge < -0.3 is 15.8 Å². The quantitative estimate of drug-likeness (QED) is 0.840. The van der Waals surface area contributed by atoms with Gasteiger partial charge in [-0.05, 0) is 18.2 Å². The monoisotopic (exact) mass is 309 g/mol. The Morgan fingerprint density at radius 3 is 2.86 bits per heavy atom. The Labute approximate surface area is 123 Å². The summed E-state index contributed by atoms with van der Waals surface area (Å²) in [4.78, 5) is 27.4. The van der Waals surface area contributed by atoms with Crippen LogP contribution in [-0.2, 0) is 11.3 Å². The molecule has 0 atom stereocenters. The van der Waals surface area contributed by atoms with Gasteiger partial charge in [-0.3, -0.25) is 4.79 Å². The summed E-state index contributed by atoms with van der Waals surface area (Å²) in [5, 5.41) is 4.74. The minimum atomic E-state index is -0.817. The fraction of sp³-hybridized carbons (Fsp3) is 0.154. The number of nitrogens with one attached hydrogen (secondary N) is 1. The molecule has 8 heteroatoms. The maximum atomic E-state index is 13.5. The van der Waals surface area contributed by atoms with Crippen LogP contribution in [0.5, 0.6) is 0 Å². The fourth-order valence-corrected chi connectivity index (χ4v) is 2.23. The van der Waals surface area contributed by atoms with Gasteiger partial charge in [-0.1, -0.05) is 0 Å². The van der Waals surface area contributed by atoms with Crippen molar-refractivity contribution in [3.05, 3.63) is 45.7 Å². The Kier molecular flexibility index (Phi) is 4.61. The van der Waals surface area contributed by atoms with Crippen LogP contribution in [0.1, 0.15) is 25.9 Å². The van der Waals surface area contributed by atoms with E-state index >= 15 is 0 Å². The Morgan fingerprint density at radius 1 is 1.48 bits per heavy atom. The fourth-order valence-electron chi connectivity index (χ4n) is 1.57. The molecule has 2 rings (SSSR count). The minimum absolute atomic E-state index is 0.212. The lowest BCUT2D eigenvalue weighted by Gasteiger charge is -2.06. The van der Waals surface area contributed by atoms with Gasteiger partial charge in [-0.2, -0.15) is 0 Å². The van der Waals surface area contributed by atoms with Crippen LogP contribution in [0, 0.1) is 5.82 Å². The van der Waals surface area contributed by atoms with Gasteiger partial charge in [-0.25, -0.2) is 14.2 Å². The number of nitrogens with zero attached hydrogens (tertiary/aromatic N) is 1. The highest BCUT2D eigenvalue weighted by molar-refractivity contribution is 7.09. The molecule has 0 saturated heterocycles. The number of thiazole rings is 1. The Balaban J connectivity index is 2.19. The number of methoxy groups -OCH3 is 1. The van der Waals surface area contributed by atoms with Gasteiger partial charge in [0.1, 0.15) is 16.5 Å². The largest absolute Gasteiger partial charge is 0.465 e. The number of esters is 1. The number of aromatic nitrogens is 1. The van der Waals surface area contributed by atoms with Gasteiger partial charge in [0, 0.05) is 17.6 Å². The highest BCUT2D eigenvalue weighted by Crippen LogP contribution is 2.17. The molecule has 0 unspecified atom stereocenters. The highest BCUT2D eigenvalue weighted by atomic mass is 32.1. The van der Waals surface area contributed by atoms with E-state index in [9.17, 15) is 14.0 Å². The summed E-state index contributed by atoms with van der Waals surface area (Å²) in [5.74, 6) is -2.00. The van der Waals surface area contributed by atoms with Crippen molar-refractivity contribution in [3.63, 3.8) is 0 Å². The number of amides is 1. The van der Waals surface area contributed by atoms with Gasteiger partial charge >= 0.3 is 5.97 Å². The molecule has 0 radical (unpaired) electrons. The van der Waals surface area contributed by atoms with Crippen molar-refractivity contribution < 1.29 is 18.7 Å². The predicted octanol–water partition coefficient (Wildman–Crippen LogP) is 1.78. The van der Waals surface area contributed by atoms with Gasteiger partial charge in [0.15, 0.2) is 0 Å². The van der Waals surface area contributed by atoms with E-state index < -0.39 is 17.7 Å². The molecule has 1 amide bonds. The van der Waals surface area contributed by atoms with Crippen molar-refractivity contribution in [3.8, 4) is 0 Å². The highest BCUT2D eigenvalue weighted by Gasteiger charge is 2.15. The second-order valence-corrected chi connectivity index (χ2v) is 4.91. The molecule has 0 fully saturated rings. The van der Waals surface area contributed by atoms with E-state index in [1.165, 1.54) is 23.5 Å². The number of hydrogen-bond donors (Lipinski definition) is 2. The van der Waals surface area contributed by atoms with Crippen molar-refractivity contribution in [1.29, 1.82) is 0 Å². The standard InChI is InChI=1S/C13H12FN3O3S/c1-20-13(19)8-4-7(2-3-9(8)14)16-12(18)10-6-21-11(5-15)17-10/h2-4,6H,5,15H2,1H3,(H,16,18). The van der Waals surface area contributed by atoms with E-state index in [0.29, 0.717) is 5.01 Å². The zero-order valence-electron chi connectivity index (χ0n) is 11.1. The third kappa shape index (κ3) is 3.41. The lowest BCUT2D eigenvalue weighted by Crippen LogP contribution is -2.14. The molecule has 21 heavy (non-hydrogen) atoms. The van der Waals surface area contributed by atoms with Crippen molar-refractivity contribution in [2.24, 2.45) is 5.73 Å². The van der Waals surface area contributed by atoms with Crippen LogP contribution in [0.4, 0.5) is 10.1 Å². The molecule has 1 aromatic heterocycles. The van der Waals surface area contributed by atoms with E-state index in [1.54, 1.807) is 5.38 Å². The SMILES string of the molecule is COC(=O)c1cc(NC(=O)c2csc(CN)n2)ccc1F. The molecule has 1 aromatic carbocycles. The predicted molar refractivity (Wildman–Crippen MR) is 75.7 cm³/mol. The first-order valence-electron chi connectivity index (χ1n) is 5.89. The lowest BCUT2D eigenvalue weighted by atomic mass is 10.2. The summed E-state index contributed by atoms with van der Waals surface area (Å²) in [5.41, 5.74) is 5.65. The third-order valence-electron chi connectivity index (χ3n) is 2.59. The maximum absolute atomic E-state index is 13.5. The lowest BCUT2D eigenvalue weighted by molar-refractivity contribution is 0.0595. The Hall–Kier alpha value is -2.32. The zero-order valence-corrected chi connectivity index (χ0v) is 11.9. The molecule has 0 aliphatic heterocycles. The number of halogens is 1. The third-order valence-corrected chi connectivity index (χ3v) is 3.46. The minimum Gasteiger partial charge on any atom is -0.465 e. The molecular weight excluding hydrogens is 297 g/mol. The van der Waals surface area contributed by atoms with Gasteiger partial charge in [0.25, 0.3) is 5.91 Å². The molecule has 0 aliphatic rings. The average molecular weight is 309 g/mol. The van der Waals surface area contributed by atoms with E-state index in [1.807, 2.05) is 0 Å². The molecular formula is C13H12FN3O3S. The van der Waals surface area contributed by atoms with Gasteiger partial charge in [0.2, 0.25) is 0 Å². The first-order valence-corrected chi connectivity index (χ1v) is 6.76. The summed E-state index contributed by atoms with van der Waals surface area (Å²) < 4.78 is 17.9. The molecule has 110 valence electrons. The van der Waals surface area contributed by atoms with Crippen LogP contribution in [-0.4, -0.2) is 24.0 Å². The van der Waals surface area contributed by atoms with E-state index in [2.05, 4.69) is 15.0 Å². The molecule has 2 aromatic rings. The maximum Gasteiger partial charge on any atom is 0.340 e. The van der Waals surface area contributed by atoms with Crippen LogP contribution >= 0.6 is 11.3 Å². The van der Waals surface area contributed by atoms with Crippen LogP contribution in [0.15, 0.2) is 23.6 Å². The Bertz CT molecular complexity index is 687. The molecule has 0 bridgehead atoms.